The molecule has 59 heavy (non-hydrogen) atoms. The van der Waals surface area contributed by atoms with E-state index in [2.05, 4.69) is 57.2 Å². The van der Waals surface area contributed by atoms with Gasteiger partial charge in [-0.25, -0.2) is 0 Å². The Morgan fingerprint density at radius 2 is 0.678 bits per heavy atom. The van der Waals surface area contributed by atoms with Crippen molar-refractivity contribution in [3.63, 3.8) is 0 Å². The molecule has 0 amide bonds. The highest BCUT2D eigenvalue weighted by Crippen LogP contribution is 2.13. The highest BCUT2D eigenvalue weighted by atomic mass is 16.6. The van der Waals surface area contributed by atoms with Gasteiger partial charge in [0.15, 0.2) is 6.10 Å². The summed E-state index contributed by atoms with van der Waals surface area (Å²) in [6.45, 7) is 6.39. The van der Waals surface area contributed by atoms with Gasteiger partial charge in [-0.1, -0.05) is 189 Å². The van der Waals surface area contributed by atoms with Crippen molar-refractivity contribution in [3.8, 4) is 0 Å². The van der Waals surface area contributed by atoms with Gasteiger partial charge in [-0.3, -0.25) is 14.4 Å². The van der Waals surface area contributed by atoms with Crippen molar-refractivity contribution in [2.45, 2.75) is 219 Å². The van der Waals surface area contributed by atoms with E-state index in [-0.39, 0.29) is 31.1 Å². The second-order valence-electron chi connectivity index (χ2n) is 15.8. The first kappa shape index (κ1) is 55.6. The van der Waals surface area contributed by atoms with Gasteiger partial charge in [-0.15, -0.1) is 0 Å². The second kappa shape index (κ2) is 47.3. The van der Waals surface area contributed by atoms with E-state index in [4.69, 9.17) is 14.2 Å². The van der Waals surface area contributed by atoms with E-state index in [1.807, 2.05) is 48.6 Å². The first-order valence-corrected chi connectivity index (χ1v) is 24.2. The third-order valence-electron chi connectivity index (χ3n) is 9.98. The lowest BCUT2D eigenvalue weighted by Gasteiger charge is -2.18. The van der Waals surface area contributed by atoms with Gasteiger partial charge < -0.3 is 14.2 Å². The maximum absolute atomic E-state index is 12.7. The summed E-state index contributed by atoms with van der Waals surface area (Å²) in [5.74, 6) is -0.974. The summed E-state index contributed by atoms with van der Waals surface area (Å²) in [6.07, 6.45) is 59.9. The summed E-state index contributed by atoms with van der Waals surface area (Å²) < 4.78 is 16.7. The van der Waals surface area contributed by atoms with E-state index in [1.165, 1.54) is 77.0 Å². The molecule has 0 heterocycles. The molecule has 0 aliphatic rings. The molecular weight excluding hydrogens is 733 g/mol. The van der Waals surface area contributed by atoms with Crippen molar-refractivity contribution < 1.29 is 28.6 Å². The van der Waals surface area contributed by atoms with Gasteiger partial charge in [-0.2, -0.15) is 0 Å². The van der Waals surface area contributed by atoms with Crippen LogP contribution in [0.15, 0.2) is 85.1 Å². The van der Waals surface area contributed by atoms with Gasteiger partial charge in [-0.05, 0) is 89.9 Å². The van der Waals surface area contributed by atoms with Gasteiger partial charge in [0.25, 0.3) is 0 Å². The normalized spacial score (nSPS) is 12.8. The lowest BCUT2D eigenvalue weighted by molar-refractivity contribution is -0.167. The van der Waals surface area contributed by atoms with Crippen LogP contribution < -0.4 is 0 Å². The van der Waals surface area contributed by atoms with Crippen LogP contribution in [0.25, 0.3) is 0 Å². The Hall–Kier alpha value is -3.41. The smallest absolute Gasteiger partial charge is 0.306 e. The fourth-order valence-electron chi connectivity index (χ4n) is 6.33. The Morgan fingerprint density at radius 1 is 0.356 bits per heavy atom. The maximum atomic E-state index is 12.7. The number of esters is 3. The van der Waals surface area contributed by atoms with Gasteiger partial charge in [0, 0.05) is 19.3 Å². The Kier molecular flexibility index (Phi) is 44.5. The fraction of sp³-hybridized carbons (Fsp3) is 0.679. The molecule has 0 rings (SSSR count). The number of hydrogen-bond acceptors (Lipinski definition) is 6. The average molecular weight is 821 g/mol. The second-order valence-corrected chi connectivity index (χ2v) is 15.8. The Balaban J connectivity index is 4.51. The molecule has 0 aromatic heterocycles. The van der Waals surface area contributed by atoms with Gasteiger partial charge in [0.2, 0.25) is 0 Å². The molecular formula is C53H88O6. The minimum Gasteiger partial charge on any atom is -0.462 e. The molecule has 0 aromatic carbocycles. The van der Waals surface area contributed by atoms with Crippen LogP contribution in [0, 0.1) is 0 Å². The summed E-state index contributed by atoms with van der Waals surface area (Å²) >= 11 is 0. The SMILES string of the molecule is CC\C=C/C=C\C=C/C=C\C=C/CCCCCC(=O)OCC(COC(=O)CCCCCCC/C=C\CCCCC)OC(=O)CCCCC/C=C\CCCCCCCCC. The van der Waals surface area contributed by atoms with Gasteiger partial charge in [0.1, 0.15) is 13.2 Å². The minimum atomic E-state index is -0.804. The molecule has 0 spiro atoms. The van der Waals surface area contributed by atoms with Crippen LogP contribution in [0.5, 0.6) is 0 Å². The molecule has 0 N–H and O–H groups in total. The molecule has 0 fully saturated rings. The summed E-state index contributed by atoms with van der Waals surface area (Å²) in [6, 6.07) is 0. The van der Waals surface area contributed by atoms with Crippen molar-refractivity contribution in [2.75, 3.05) is 13.2 Å². The van der Waals surface area contributed by atoms with E-state index in [0.29, 0.717) is 19.3 Å². The van der Waals surface area contributed by atoms with Crippen molar-refractivity contribution in [1.29, 1.82) is 0 Å². The summed E-state index contributed by atoms with van der Waals surface area (Å²) in [5, 5.41) is 0. The Bertz CT molecular complexity index is 1170. The van der Waals surface area contributed by atoms with Crippen molar-refractivity contribution in [3.05, 3.63) is 85.1 Å². The number of ether oxygens (including phenoxy) is 3. The van der Waals surface area contributed by atoms with Crippen LogP contribution in [0.2, 0.25) is 0 Å². The summed E-state index contributed by atoms with van der Waals surface area (Å²) in [7, 11) is 0. The number of carbonyl (C=O) groups is 3. The quantitative estimate of drug-likeness (QED) is 0.0201. The average Bonchev–Trinajstić information content (AvgIpc) is 3.23. The summed E-state index contributed by atoms with van der Waals surface area (Å²) in [4.78, 5) is 37.8. The highest BCUT2D eigenvalue weighted by Gasteiger charge is 2.19. The first-order chi connectivity index (χ1) is 29.0. The lowest BCUT2D eigenvalue weighted by Crippen LogP contribution is -2.30. The predicted octanol–water partition coefficient (Wildman–Crippen LogP) is 15.6. The number of allylic oxidation sites excluding steroid dienone is 14. The topological polar surface area (TPSA) is 78.9 Å². The molecule has 0 aliphatic carbocycles. The van der Waals surface area contributed by atoms with E-state index in [1.54, 1.807) is 0 Å². The van der Waals surface area contributed by atoms with Crippen LogP contribution in [-0.2, 0) is 28.6 Å². The molecule has 0 radical (unpaired) electrons. The van der Waals surface area contributed by atoms with Crippen molar-refractivity contribution >= 4 is 17.9 Å². The highest BCUT2D eigenvalue weighted by molar-refractivity contribution is 5.71. The number of carbonyl (C=O) groups excluding carboxylic acids is 3. The van der Waals surface area contributed by atoms with Crippen LogP contribution >= 0.6 is 0 Å². The number of rotatable bonds is 42. The molecule has 6 nitrogen and oxygen atoms in total. The largest absolute Gasteiger partial charge is 0.462 e. The van der Waals surface area contributed by atoms with E-state index >= 15 is 0 Å². The van der Waals surface area contributed by atoms with E-state index in [0.717, 1.165) is 96.3 Å². The molecule has 0 aliphatic heterocycles. The standard InChI is InChI=1S/C53H88O6/c1-4-7-10-13-16-19-22-25-27-29-31-34-37-40-43-46-52(55)58-49-50(48-57-51(54)45-42-39-36-33-30-24-21-18-15-12-9-6-3)59-53(56)47-44-41-38-35-32-28-26-23-20-17-14-11-8-5-2/h7,10,13,16,18-19,21-22,25,27-29,31-32,50H,4-6,8-9,11-12,14-15,17,20,23-24,26,30,33-49H2,1-3H3/b10-7-,16-13-,21-18-,22-19-,27-25-,31-29-,32-28-. The minimum absolute atomic E-state index is 0.102. The Morgan fingerprint density at radius 3 is 1.14 bits per heavy atom. The zero-order chi connectivity index (χ0) is 43.0. The maximum Gasteiger partial charge on any atom is 0.306 e. The molecule has 1 atom stereocenters. The van der Waals surface area contributed by atoms with Crippen LogP contribution in [0.3, 0.4) is 0 Å². The van der Waals surface area contributed by atoms with Crippen LogP contribution in [0.4, 0.5) is 0 Å². The van der Waals surface area contributed by atoms with Crippen molar-refractivity contribution in [2.24, 2.45) is 0 Å². The molecule has 0 aromatic rings. The van der Waals surface area contributed by atoms with E-state index < -0.39 is 6.10 Å². The third-order valence-corrected chi connectivity index (χ3v) is 9.98. The fourth-order valence-corrected chi connectivity index (χ4v) is 6.33. The predicted molar refractivity (Wildman–Crippen MR) is 251 cm³/mol. The molecule has 0 saturated carbocycles. The van der Waals surface area contributed by atoms with Gasteiger partial charge >= 0.3 is 17.9 Å². The monoisotopic (exact) mass is 821 g/mol. The zero-order valence-corrected chi connectivity index (χ0v) is 38.2. The first-order valence-electron chi connectivity index (χ1n) is 24.2. The number of hydrogen-bond donors (Lipinski definition) is 0. The number of unbranched alkanes of at least 4 members (excludes halogenated alkanes) is 21. The summed E-state index contributed by atoms with van der Waals surface area (Å²) in [5.41, 5.74) is 0. The van der Waals surface area contributed by atoms with Gasteiger partial charge in [0.05, 0.1) is 0 Å². The van der Waals surface area contributed by atoms with Crippen LogP contribution in [0.1, 0.15) is 213 Å². The van der Waals surface area contributed by atoms with Crippen LogP contribution in [-0.4, -0.2) is 37.2 Å². The third kappa shape index (κ3) is 45.5. The Labute approximate surface area is 363 Å². The lowest BCUT2D eigenvalue weighted by atomic mass is 10.1. The molecule has 1 unspecified atom stereocenters. The molecule has 0 bridgehead atoms. The molecule has 336 valence electrons. The van der Waals surface area contributed by atoms with Crippen molar-refractivity contribution in [1.82, 2.24) is 0 Å². The molecule has 6 heteroatoms. The molecule has 0 saturated heterocycles. The van der Waals surface area contributed by atoms with E-state index in [9.17, 15) is 14.4 Å². The zero-order valence-electron chi connectivity index (χ0n) is 38.2.